The van der Waals surface area contributed by atoms with Crippen molar-refractivity contribution < 1.29 is 0 Å². The van der Waals surface area contributed by atoms with Gasteiger partial charge in [0.25, 0.3) is 0 Å². The van der Waals surface area contributed by atoms with Crippen molar-refractivity contribution >= 4 is 16.3 Å². The van der Waals surface area contributed by atoms with Crippen LogP contribution in [0.2, 0.25) is 0 Å². The van der Waals surface area contributed by atoms with Crippen LogP contribution in [-0.4, -0.2) is 0 Å². The summed E-state index contributed by atoms with van der Waals surface area (Å²) < 4.78 is 0. The van der Waals surface area contributed by atoms with Crippen molar-refractivity contribution in [2.45, 2.75) is 25.7 Å². The zero-order valence-corrected chi connectivity index (χ0v) is 20.4. The molecule has 0 heteroatoms. The third kappa shape index (κ3) is 3.71. The Kier molecular flexibility index (Phi) is 5.17. The highest BCUT2D eigenvalue weighted by atomic mass is 14.2. The van der Waals surface area contributed by atoms with Crippen molar-refractivity contribution in [2.24, 2.45) is 0 Å². The summed E-state index contributed by atoms with van der Waals surface area (Å²) in [6.45, 7) is 0. The van der Waals surface area contributed by atoms with Gasteiger partial charge in [0, 0.05) is 0 Å². The second-order valence-corrected chi connectivity index (χ2v) is 10.00. The number of fused-ring (bicyclic) bond motifs is 5. The third-order valence-electron chi connectivity index (χ3n) is 7.76. The lowest BCUT2D eigenvalue weighted by Crippen LogP contribution is -2.04. The first-order valence-electron chi connectivity index (χ1n) is 13.1. The molecule has 0 atom stereocenters. The normalized spacial score (nSPS) is 14.3. The Hall–Kier alpha value is -4.16. The van der Waals surface area contributed by atoms with Gasteiger partial charge < -0.3 is 0 Å². The molecule has 0 spiro atoms. The highest BCUT2D eigenvalue weighted by molar-refractivity contribution is 6.00. The van der Waals surface area contributed by atoms with Crippen molar-refractivity contribution in [3.8, 4) is 33.4 Å². The summed E-state index contributed by atoms with van der Waals surface area (Å²) >= 11 is 0. The SMILES string of the molecule is C1=CC(c2cc(-c3ccccc3)cc(-c3ccc4c(c3)CCc3ccc5ccccc5c3-4)c2)=CCC1. The lowest BCUT2D eigenvalue weighted by Gasteiger charge is -2.23. The van der Waals surface area contributed by atoms with Crippen molar-refractivity contribution in [2.75, 3.05) is 0 Å². The van der Waals surface area contributed by atoms with Gasteiger partial charge in [0.05, 0.1) is 0 Å². The molecule has 0 fully saturated rings. The van der Waals surface area contributed by atoms with Crippen molar-refractivity contribution in [3.63, 3.8) is 0 Å². The number of rotatable bonds is 3. The van der Waals surface area contributed by atoms with Crippen molar-refractivity contribution in [1.82, 2.24) is 0 Å². The standard InChI is InChI=1S/C36H28/c1-3-9-25(10-4-1)31-22-32(26-11-5-2-6-12-26)24-33(23-31)29-19-20-35-30(21-29)18-17-28-16-15-27-13-7-8-14-34(27)36(28)35/h1,3-5,7-16,19-24H,2,6,17-18H2. The maximum atomic E-state index is 2.44. The second kappa shape index (κ2) is 8.81. The molecule has 7 rings (SSSR count). The Morgan fingerprint density at radius 3 is 2.14 bits per heavy atom. The lowest BCUT2D eigenvalue weighted by molar-refractivity contribution is 0.945. The smallest absolute Gasteiger partial charge is 0.00704 e. The molecular formula is C36H28. The van der Waals surface area contributed by atoms with Gasteiger partial charge in [0.15, 0.2) is 0 Å². The number of hydrogen-bond donors (Lipinski definition) is 0. The molecule has 0 aliphatic heterocycles. The van der Waals surface area contributed by atoms with Gasteiger partial charge >= 0.3 is 0 Å². The molecule has 0 N–H and O–H groups in total. The van der Waals surface area contributed by atoms with E-state index in [1.54, 1.807) is 0 Å². The largest absolute Gasteiger partial charge is 0.0836 e. The van der Waals surface area contributed by atoms with Crippen LogP contribution in [0.15, 0.2) is 121 Å². The predicted octanol–water partition coefficient (Wildman–Crippen LogP) is 9.67. The van der Waals surface area contributed by atoms with E-state index in [2.05, 4.69) is 121 Å². The Labute approximate surface area is 213 Å². The summed E-state index contributed by atoms with van der Waals surface area (Å²) in [4.78, 5) is 0. The molecule has 172 valence electrons. The Morgan fingerprint density at radius 1 is 0.500 bits per heavy atom. The Balaban J connectivity index is 1.38. The minimum absolute atomic E-state index is 1.09. The maximum Gasteiger partial charge on any atom is -0.00704 e. The average Bonchev–Trinajstić information content (AvgIpc) is 2.97. The minimum atomic E-state index is 1.09. The van der Waals surface area contributed by atoms with Crippen LogP contribution in [0.25, 0.3) is 49.7 Å². The summed E-state index contributed by atoms with van der Waals surface area (Å²) in [5.74, 6) is 0. The number of hydrogen-bond acceptors (Lipinski definition) is 0. The van der Waals surface area contributed by atoms with Crippen LogP contribution in [-0.2, 0) is 12.8 Å². The van der Waals surface area contributed by atoms with E-state index in [0.29, 0.717) is 0 Å². The van der Waals surface area contributed by atoms with Gasteiger partial charge in [-0.15, -0.1) is 0 Å². The number of allylic oxidation sites excluding steroid dienone is 4. The molecule has 2 aliphatic rings. The van der Waals surface area contributed by atoms with Crippen LogP contribution in [0.1, 0.15) is 29.5 Å². The highest BCUT2D eigenvalue weighted by Crippen LogP contribution is 2.41. The van der Waals surface area contributed by atoms with Gasteiger partial charge in [-0.2, -0.15) is 0 Å². The van der Waals surface area contributed by atoms with Crippen LogP contribution in [0, 0.1) is 0 Å². The quantitative estimate of drug-likeness (QED) is 0.251. The van der Waals surface area contributed by atoms with Gasteiger partial charge in [-0.05, 0) is 110 Å². The van der Waals surface area contributed by atoms with E-state index in [-0.39, 0.29) is 0 Å². The third-order valence-corrected chi connectivity index (χ3v) is 7.76. The molecular weight excluding hydrogens is 432 g/mol. The Bertz CT molecular complexity index is 1660. The predicted molar refractivity (Wildman–Crippen MR) is 154 cm³/mol. The first-order valence-corrected chi connectivity index (χ1v) is 13.1. The van der Waals surface area contributed by atoms with Gasteiger partial charge in [-0.3, -0.25) is 0 Å². The average molecular weight is 461 g/mol. The molecule has 0 aromatic heterocycles. The summed E-state index contributed by atoms with van der Waals surface area (Å²) in [5, 5.41) is 2.69. The minimum Gasteiger partial charge on any atom is -0.0836 e. The van der Waals surface area contributed by atoms with Gasteiger partial charge in [-0.25, -0.2) is 0 Å². The molecule has 5 aromatic rings. The van der Waals surface area contributed by atoms with Crippen LogP contribution in [0.5, 0.6) is 0 Å². The van der Waals surface area contributed by atoms with E-state index >= 15 is 0 Å². The molecule has 0 saturated carbocycles. The van der Waals surface area contributed by atoms with Crippen LogP contribution in [0.4, 0.5) is 0 Å². The number of aryl methyl sites for hydroxylation is 2. The molecule has 0 bridgehead atoms. The molecule has 0 radical (unpaired) electrons. The summed E-state index contributed by atoms with van der Waals surface area (Å²) in [5.41, 5.74) is 13.5. The van der Waals surface area contributed by atoms with Gasteiger partial charge in [0.2, 0.25) is 0 Å². The van der Waals surface area contributed by atoms with Gasteiger partial charge in [-0.1, -0.05) is 103 Å². The van der Waals surface area contributed by atoms with E-state index in [4.69, 9.17) is 0 Å². The highest BCUT2D eigenvalue weighted by Gasteiger charge is 2.19. The maximum absolute atomic E-state index is 2.44. The molecule has 0 unspecified atom stereocenters. The molecule has 36 heavy (non-hydrogen) atoms. The molecule has 0 nitrogen and oxygen atoms in total. The molecule has 0 heterocycles. The summed E-state index contributed by atoms with van der Waals surface area (Å²) in [6, 6.07) is 38.4. The fraction of sp³-hybridized carbons (Fsp3) is 0.111. The van der Waals surface area contributed by atoms with Crippen LogP contribution in [0.3, 0.4) is 0 Å². The Morgan fingerprint density at radius 2 is 1.28 bits per heavy atom. The molecule has 5 aromatic carbocycles. The van der Waals surface area contributed by atoms with Crippen molar-refractivity contribution in [1.29, 1.82) is 0 Å². The molecule has 0 amide bonds. The molecule has 0 saturated heterocycles. The van der Waals surface area contributed by atoms with Crippen LogP contribution < -0.4 is 0 Å². The van der Waals surface area contributed by atoms with Gasteiger partial charge in [0.1, 0.15) is 0 Å². The summed E-state index contributed by atoms with van der Waals surface area (Å²) in [6.07, 6.45) is 11.4. The van der Waals surface area contributed by atoms with Crippen molar-refractivity contribution in [3.05, 3.63) is 138 Å². The monoisotopic (exact) mass is 460 g/mol. The topological polar surface area (TPSA) is 0 Å². The zero-order chi connectivity index (χ0) is 23.9. The zero-order valence-electron chi connectivity index (χ0n) is 20.4. The fourth-order valence-corrected chi connectivity index (χ4v) is 5.92. The van der Waals surface area contributed by atoms with E-state index in [9.17, 15) is 0 Å². The fourth-order valence-electron chi connectivity index (χ4n) is 5.92. The van der Waals surface area contributed by atoms with E-state index in [0.717, 1.165) is 25.7 Å². The number of benzene rings is 5. The second-order valence-electron chi connectivity index (χ2n) is 10.00. The van der Waals surface area contributed by atoms with E-state index in [1.807, 2.05) is 0 Å². The first-order chi connectivity index (χ1) is 17.8. The van der Waals surface area contributed by atoms with E-state index < -0.39 is 0 Å². The molecule has 2 aliphatic carbocycles. The van der Waals surface area contributed by atoms with Crippen LogP contribution >= 0.6 is 0 Å². The first kappa shape index (κ1) is 21.1. The lowest BCUT2D eigenvalue weighted by atomic mass is 9.81. The van der Waals surface area contributed by atoms with E-state index in [1.165, 1.54) is 66.4 Å². The summed E-state index contributed by atoms with van der Waals surface area (Å²) in [7, 11) is 0.